The normalized spacial score (nSPS) is 41.4. The third-order valence-corrected chi connectivity index (χ3v) is 4.67. The van der Waals surface area contributed by atoms with Crippen molar-refractivity contribution >= 4 is 11.9 Å². The van der Waals surface area contributed by atoms with Crippen molar-refractivity contribution < 1.29 is 19.1 Å². The highest BCUT2D eigenvalue weighted by Crippen LogP contribution is 2.61. The molecule has 0 aliphatic heterocycles. The van der Waals surface area contributed by atoms with Crippen LogP contribution in [0.2, 0.25) is 0 Å². The van der Waals surface area contributed by atoms with E-state index in [1.54, 1.807) is 0 Å². The van der Waals surface area contributed by atoms with Gasteiger partial charge in [0.15, 0.2) is 0 Å². The second kappa shape index (κ2) is 4.22. The summed E-state index contributed by atoms with van der Waals surface area (Å²) in [6.07, 6.45) is 9.36. The SMILES string of the molecule is CC(=O)OC[C@]12C=C[C@@H](OC(C)=O)C1[C@H]1C=C[C@@H]2C1. The molecule has 102 valence electrons. The van der Waals surface area contributed by atoms with Gasteiger partial charge in [-0.3, -0.25) is 9.59 Å². The zero-order chi connectivity index (χ0) is 13.6. The number of rotatable bonds is 3. The zero-order valence-electron chi connectivity index (χ0n) is 11.2. The van der Waals surface area contributed by atoms with Crippen LogP contribution in [0.5, 0.6) is 0 Å². The first kappa shape index (κ1) is 12.5. The van der Waals surface area contributed by atoms with Crippen LogP contribution in [0.4, 0.5) is 0 Å². The number of hydrogen-bond donors (Lipinski definition) is 0. The highest BCUT2D eigenvalue weighted by atomic mass is 16.5. The van der Waals surface area contributed by atoms with Crippen LogP contribution in [-0.4, -0.2) is 24.6 Å². The third kappa shape index (κ3) is 1.81. The molecular weight excluding hydrogens is 244 g/mol. The third-order valence-electron chi connectivity index (χ3n) is 4.67. The van der Waals surface area contributed by atoms with Gasteiger partial charge in [-0.05, 0) is 24.3 Å². The Bertz CT molecular complexity index is 479. The van der Waals surface area contributed by atoms with Crippen LogP contribution in [0.1, 0.15) is 20.3 Å². The summed E-state index contributed by atoms with van der Waals surface area (Å²) in [5.41, 5.74) is -0.175. The molecule has 3 rings (SSSR count). The first-order chi connectivity index (χ1) is 9.03. The van der Waals surface area contributed by atoms with Crippen LogP contribution in [0, 0.1) is 23.2 Å². The van der Waals surface area contributed by atoms with Gasteiger partial charge in [0, 0.05) is 25.2 Å². The van der Waals surface area contributed by atoms with Gasteiger partial charge in [0.2, 0.25) is 0 Å². The highest BCUT2D eigenvalue weighted by Gasteiger charge is 2.60. The zero-order valence-corrected chi connectivity index (χ0v) is 11.2. The molecule has 4 heteroatoms. The molecule has 0 amide bonds. The summed E-state index contributed by atoms with van der Waals surface area (Å²) in [6.45, 7) is 3.24. The second-order valence-electron chi connectivity index (χ2n) is 5.74. The minimum atomic E-state index is -0.260. The van der Waals surface area contributed by atoms with E-state index < -0.39 is 0 Å². The van der Waals surface area contributed by atoms with Crippen LogP contribution >= 0.6 is 0 Å². The molecular formula is C15H18O4. The molecule has 0 aromatic heterocycles. The van der Waals surface area contributed by atoms with Crippen molar-refractivity contribution in [3.63, 3.8) is 0 Å². The molecule has 1 fully saturated rings. The van der Waals surface area contributed by atoms with E-state index in [4.69, 9.17) is 9.47 Å². The number of ether oxygens (including phenoxy) is 2. The fourth-order valence-corrected chi connectivity index (χ4v) is 4.00. The average molecular weight is 262 g/mol. The maximum Gasteiger partial charge on any atom is 0.303 e. The lowest BCUT2D eigenvalue weighted by molar-refractivity contribution is -0.152. The molecule has 3 aliphatic carbocycles. The Labute approximate surface area is 112 Å². The van der Waals surface area contributed by atoms with E-state index in [2.05, 4.69) is 18.2 Å². The van der Waals surface area contributed by atoms with Gasteiger partial charge in [0.1, 0.15) is 12.7 Å². The Morgan fingerprint density at radius 1 is 1.21 bits per heavy atom. The van der Waals surface area contributed by atoms with Gasteiger partial charge in [-0.15, -0.1) is 0 Å². The van der Waals surface area contributed by atoms with Crippen LogP contribution in [0.15, 0.2) is 24.3 Å². The van der Waals surface area contributed by atoms with Crippen LogP contribution in [-0.2, 0) is 19.1 Å². The molecule has 0 N–H and O–H groups in total. The Hall–Kier alpha value is -1.58. The molecule has 4 nitrogen and oxygen atoms in total. The van der Waals surface area contributed by atoms with Gasteiger partial charge in [-0.1, -0.05) is 18.2 Å². The lowest BCUT2D eigenvalue weighted by atomic mass is 9.70. The van der Waals surface area contributed by atoms with Gasteiger partial charge in [0.25, 0.3) is 0 Å². The summed E-state index contributed by atoms with van der Waals surface area (Å²) in [5.74, 6) is 0.498. The van der Waals surface area contributed by atoms with Crippen molar-refractivity contribution in [2.45, 2.75) is 26.4 Å². The number of carbonyl (C=O) groups excluding carboxylic acids is 2. The number of esters is 2. The molecule has 0 saturated heterocycles. The summed E-state index contributed by atoms with van der Waals surface area (Å²) < 4.78 is 10.7. The van der Waals surface area contributed by atoms with Gasteiger partial charge in [0.05, 0.1) is 0 Å². The van der Waals surface area contributed by atoms with E-state index in [-0.39, 0.29) is 29.4 Å². The molecule has 1 unspecified atom stereocenters. The number of carbonyl (C=O) groups is 2. The van der Waals surface area contributed by atoms with Crippen molar-refractivity contribution in [3.8, 4) is 0 Å². The quantitative estimate of drug-likeness (QED) is 0.575. The van der Waals surface area contributed by atoms with Crippen LogP contribution in [0.25, 0.3) is 0 Å². The summed E-state index contributed by atoms with van der Waals surface area (Å²) >= 11 is 0. The van der Waals surface area contributed by atoms with Crippen molar-refractivity contribution in [3.05, 3.63) is 24.3 Å². The summed E-state index contributed by atoms with van der Waals surface area (Å²) in [5, 5.41) is 0. The first-order valence-electron chi connectivity index (χ1n) is 6.71. The van der Waals surface area contributed by atoms with Gasteiger partial charge >= 0.3 is 11.9 Å². The van der Waals surface area contributed by atoms with Crippen LogP contribution < -0.4 is 0 Å². The van der Waals surface area contributed by atoms with Crippen molar-refractivity contribution in [1.29, 1.82) is 0 Å². The topological polar surface area (TPSA) is 52.6 Å². The lowest BCUT2D eigenvalue weighted by Crippen LogP contribution is -2.40. The first-order valence-corrected chi connectivity index (χ1v) is 6.71. The van der Waals surface area contributed by atoms with E-state index in [1.807, 2.05) is 6.08 Å². The predicted molar refractivity (Wildman–Crippen MR) is 68.0 cm³/mol. The standard InChI is InChI=1S/C15H18O4/c1-9(16)18-8-15-6-5-13(19-10(2)17)14(15)11-3-4-12(15)7-11/h3-6,11-14H,7-8H2,1-2H3/t11-,12+,13+,14?,15-/m0/s1. The molecule has 0 aromatic rings. The lowest BCUT2D eigenvalue weighted by Gasteiger charge is -2.37. The minimum absolute atomic E-state index is 0.175. The predicted octanol–water partition coefficient (Wildman–Crippen LogP) is 1.86. The number of allylic oxidation sites excluding steroid dienone is 2. The summed E-state index contributed by atoms with van der Waals surface area (Å²) in [7, 11) is 0. The fraction of sp³-hybridized carbons (Fsp3) is 0.600. The molecule has 0 aromatic carbocycles. The summed E-state index contributed by atoms with van der Waals surface area (Å²) in [4.78, 5) is 22.3. The molecule has 19 heavy (non-hydrogen) atoms. The molecule has 3 aliphatic rings. The van der Waals surface area contributed by atoms with E-state index in [0.717, 1.165) is 6.42 Å². The number of fused-ring (bicyclic) bond motifs is 5. The fourth-order valence-electron chi connectivity index (χ4n) is 4.00. The van der Waals surface area contributed by atoms with E-state index in [9.17, 15) is 9.59 Å². The highest BCUT2D eigenvalue weighted by molar-refractivity contribution is 5.67. The molecule has 0 spiro atoms. The number of hydrogen-bond acceptors (Lipinski definition) is 4. The van der Waals surface area contributed by atoms with E-state index in [1.165, 1.54) is 13.8 Å². The summed E-state index contributed by atoms with van der Waals surface area (Å²) in [6, 6.07) is 0. The molecule has 0 radical (unpaired) electrons. The van der Waals surface area contributed by atoms with Gasteiger partial charge < -0.3 is 9.47 Å². The molecule has 0 heterocycles. The van der Waals surface area contributed by atoms with Gasteiger partial charge in [-0.25, -0.2) is 0 Å². The largest absolute Gasteiger partial charge is 0.465 e. The van der Waals surface area contributed by atoms with Crippen molar-refractivity contribution in [2.24, 2.45) is 23.2 Å². The van der Waals surface area contributed by atoms with Crippen molar-refractivity contribution in [2.75, 3.05) is 6.61 Å². The molecule has 1 saturated carbocycles. The molecule has 5 atom stereocenters. The van der Waals surface area contributed by atoms with E-state index in [0.29, 0.717) is 18.4 Å². The van der Waals surface area contributed by atoms with Crippen LogP contribution in [0.3, 0.4) is 0 Å². The second-order valence-corrected chi connectivity index (χ2v) is 5.74. The smallest absolute Gasteiger partial charge is 0.303 e. The minimum Gasteiger partial charge on any atom is -0.465 e. The molecule has 2 bridgehead atoms. The Morgan fingerprint density at radius 2 is 2.00 bits per heavy atom. The monoisotopic (exact) mass is 262 g/mol. The van der Waals surface area contributed by atoms with Gasteiger partial charge in [-0.2, -0.15) is 0 Å². The van der Waals surface area contributed by atoms with Crippen molar-refractivity contribution in [1.82, 2.24) is 0 Å². The Balaban J connectivity index is 1.85. The maximum absolute atomic E-state index is 11.2. The maximum atomic E-state index is 11.2. The Kier molecular flexibility index (Phi) is 2.77. The average Bonchev–Trinajstić information content (AvgIpc) is 2.98. The Morgan fingerprint density at radius 3 is 2.68 bits per heavy atom. The van der Waals surface area contributed by atoms with E-state index >= 15 is 0 Å².